The first-order chi connectivity index (χ1) is 14.5. The van der Waals surface area contributed by atoms with Crippen LogP contribution in [-0.4, -0.2) is 31.8 Å². The van der Waals surface area contributed by atoms with Gasteiger partial charge in [0, 0.05) is 0 Å². The van der Waals surface area contributed by atoms with Crippen LogP contribution in [0.3, 0.4) is 0 Å². The molecule has 0 saturated heterocycles. The van der Waals surface area contributed by atoms with Crippen molar-refractivity contribution in [3.05, 3.63) is 54.1 Å². The van der Waals surface area contributed by atoms with E-state index in [1.54, 1.807) is 7.11 Å². The fourth-order valence-electron chi connectivity index (χ4n) is 4.18. The molecule has 0 atom stereocenters. The van der Waals surface area contributed by atoms with Gasteiger partial charge in [0.25, 0.3) is 0 Å². The van der Waals surface area contributed by atoms with Crippen molar-refractivity contribution in [3.8, 4) is 5.75 Å². The van der Waals surface area contributed by atoms with Crippen LogP contribution in [0.25, 0.3) is 0 Å². The number of hydrogen-bond donors (Lipinski definition) is 0. The molecule has 0 bridgehead atoms. The van der Waals surface area contributed by atoms with Crippen LogP contribution >= 0.6 is 17.2 Å². The van der Waals surface area contributed by atoms with Crippen molar-refractivity contribution < 1.29 is 4.74 Å². The van der Waals surface area contributed by atoms with E-state index in [2.05, 4.69) is 45.0 Å². The second-order valence-electron chi connectivity index (χ2n) is 8.33. The van der Waals surface area contributed by atoms with Crippen LogP contribution in [0.15, 0.2) is 53.5 Å². The van der Waals surface area contributed by atoms with E-state index in [1.807, 2.05) is 30.5 Å². The number of halogens is 1. The first-order valence-corrected chi connectivity index (χ1v) is 15.2. The molecular formula is C26H39ClNOP. The van der Waals surface area contributed by atoms with E-state index >= 15 is 0 Å². The number of ether oxygens (including phenoxy) is 1. The van der Waals surface area contributed by atoms with Crippen LogP contribution in [0.2, 0.25) is 0 Å². The number of methoxy groups -OCH3 is 1. The Morgan fingerprint density at radius 3 is 1.87 bits per heavy atom. The average molecular weight is 448 g/mol. The van der Waals surface area contributed by atoms with Crippen molar-refractivity contribution in [2.24, 2.45) is 4.99 Å². The zero-order chi connectivity index (χ0) is 21.9. The Hall–Kier alpha value is -1.37. The van der Waals surface area contributed by atoms with Crippen LogP contribution in [0.5, 0.6) is 5.75 Å². The molecule has 0 N–H and O–H groups in total. The van der Waals surface area contributed by atoms with Crippen LogP contribution in [0.1, 0.15) is 64.9 Å². The molecule has 4 heteroatoms. The number of hydrogen-bond acceptors (Lipinski definition) is 2. The van der Waals surface area contributed by atoms with E-state index in [4.69, 9.17) is 21.0 Å². The van der Waals surface area contributed by atoms with E-state index in [-0.39, 0.29) is 0 Å². The zero-order valence-corrected chi connectivity index (χ0v) is 20.9. The third kappa shape index (κ3) is 6.32. The molecule has 0 aliphatic rings. The Morgan fingerprint density at radius 2 is 1.37 bits per heavy atom. The van der Waals surface area contributed by atoms with Gasteiger partial charge in [-0.25, -0.2) is 0 Å². The maximum atomic E-state index is 7.94. The summed E-state index contributed by atoms with van der Waals surface area (Å²) in [6.45, 7) is 6.82. The van der Waals surface area contributed by atoms with Gasteiger partial charge in [0.2, 0.25) is 0 Å². The molecule has 0 amide bonds. The van der Waals surface area contributed by atoms with E-state index in [9.17, 15) is 0 Å². The van der Waals surface area contributed by atoms with Gasteiger partial charge in [0.15, 0.2) is 0 Å². The summed E-state index contributed by atoms with van der Waals surface area (Å²) in [5.74, 6) is -1.73. The number of rotatable bonds is 13. The number of unbranched alkanes of at least 4 members (excludes halogenated alkanes) is 3. The molecule has 0 aliphatic heterocycles. The monoisotopic (exact) mass is 447 g/mol. The third-order valence-electron chi connectivity index (χ3n) is 6.04. The quantitative estimate of drug-likeness (QED) is 0.224. The van der Waals surface area contributed by atoms with Crippen molar-refractivity contribution in [3.63, 3.8) is 0 Å². The van der Waals surface area contributed by atoms with Crippen molar-refractivity contribution >= 4 is 34.4 Å². The summed E-state index contributed by atoms with van der Waals surface area (Å²) in [6, 6.07) is 16.6. The van der Waals surface area contributed by atoms with Gasteiger partial charge in [-0.3, -0.25) is 0 Å². The maximum absolute atomic E-state index is 7.94. The summed E-state index contributed by atoms with van der Waals surface area (Å²) in [6.07, 6.45) is 12.6. The van der Waals surface area contributed by atoms with Crippen molar-refractivity contribution in [2.75, 3.05) is 25.6 Å². The first kappa shape index (κ1) is 24.9. The molecule has 2 aromatic carbocycles. The standard InChI is InChI=1S/C26H39ClNOP/c1-5-8-19-30(27,20-9-6-2,21-10-7-3)26-14-12-11-13-23(26)22-28-24-15-17-25(29-4)18-16-24/h11-18,22H,5-10,19-21H2,1-4H3. The summed E-state index contributed by atoms with van der Waals surface area (Å²) >= 11 is 7.94. The Labute approximate surface area is 188 Å². The molecule has 0 aromatic heterocycles. The van der Waals surface area contributed by atoms with Gasteiger partial charge in [-0.1, -0.05) is 0 Å². The van der Waals surface area contributed by atoms with Crippen LogP contribution in [0, 0.1) is 0 Å². The molecule has 2 aromatic rings. The van der Waals surface area contributed by atoms with E-state index in [0.717, 1.165) is 29.9 Å². The predicted molar refractivity (Wildman–Crippen MR) is 138 cm³/mol. The molecular weight excluding hydrogens is 409 g/mol. The topological polar surface area (TPSA) is 21.6 Å². The van der Waals surface area contributed by atoms with Crippen LogP contribution in [0.4, 0.5) is 5.69 Å². The Kier molecular flexibility index (Phi) is 9.85. The molecule has 0 unspecified atom stereocenters. The van der Waals surface area contributed by atoms with Gasteiger partial charge in [-0.2, -0.15) is 0 Å². The molecule has 0 fully saturated rings. The number of nitrogens with zero attached hydrogens (tertiary/aromatic N) is 1. The van der Waals surface area contributed by atoms with Crippen LogP contribution < -0.4 is 10.0 Å². The minimum absolute atomic E-state index is 0.846. The summed E-state index contributed by atoms with van der Waals surface area (Å²) in [5, 5.41) is 1.37. The normalized spacial score (nSPS) is 13.3. The number of aliphatic imine (C=N–C) groups is 1. The van der Waals surface area contributed by atoms with E-state index in [0.29, 0.717) is 0 Å². The number of benzene rings is 2. The summed E-state index contributed by atoms with van der Waals surface area (Å²) in [7, 11) is 1.68. The van der Waals surface area contributed by atoms with Gasteiger partial charge >= 0.3 is 189 Å². The fourth-order valence-corrected chi connectivity index (χ4v) is 11.5. The van der Waals surface area contributed by atoms with Gasteiger partial charge in [0.1, 0.15) is 0 Å². The summed E-state index contributed by atoms with van der Waals surface area (Å²) < 4.78 is 5.26. The molecule has 166 valence electrons. The predicted octanol–water partition coefficient (Wildman–Crippen LogP) is 8.18. The second-order valence-corrected chi connectivity index (χ2v) is 16.0. The molecule has 0 aliphatic carbocycles. The molecule has 0 saturated carbocycles. The molecule has 0 spiro atoms. The van der Waals surface area contributed by atoms with E-state index in [1.165, 1.54) is 49.4 Å². The molecule has 30 heavy (non-hydrogen) atoms. The Bertz CT molecular complexity index is 778. The second kappa shape index (κ2) is 11.9. The van der Waals surface area contributed by atoms with E-state index < -0.39 is 5.96 Å². The van der Waals surface area contributed by atoms with Crippen molar-refractivity contribution in [2.45, 2.75) is 59.3 Å². The summed E-state index contributed by atoms with van der Waals surface area (Å²) in [4.78, 5) is 4.78. The van der Waals surface area contributed by atoms with Gasteiger partial charge < -0.3 is 0 Å². The molecule has 0 heterocycles. The van der Waals surface area contributed by atoms with Gasteiger partial charge in [-0.05, 0) is 0 Å². The minimum atomic E-state index is -2.57. The average Bonchev–Trinajstić information content (AvgIpc) is 2.80. The van der Waals surface area contributed by atoms with Gasteiger partial charge in [0.05, 0.1) is 0 Å². The van der Waals surface area contributed by atoms with Crippen molar-refractivity contribution in [1.82, 2.24) is 0 Å². The van der Waals surface area contributed by atoms with Crippen LogP contribution in [-0.2, 0) is 0 Å². The molecule has 2 rings (SSSR count). The Balaban J connectivity index is 2.50. The third-order valence-corrected chi connectivity index (χ3v) is 13.7. The fraction of sp³-hybridized carbons (Fsp3) is 0.500. The van der Waals surface area contributed by atoms with Gasteiger partial charge in [-0.15, -0.1) is 0 Å². The Morgan fingerprint density at radius 1 is 0.833 bits per heavy atom. The van der Waals surface area contributed by atoms with Crippen molar-refractivity contribution in [1.29, 1.82) is 0 Å². The zero-order valence-electron chi connectivity index (χ0n) is 19.2. The first-order valence-electron chi connectivity index (χ1n) is 11.5. The SMILES string of the molecule is CCCCP(Cl)(CCCC)(CCCC)c1ccccc1C=Nc1ccc(OC)cc1. The molecule has 2 nitrogen and oxygen atoms in total. The summed E-state index contributed by atoms with van der Waals surface area (Å²) in [5.41, 5.74) is 2.11. The molecule has 0 radical (unpaired) electrons.